The summed E-state index contributed by atoms with van der Waals surface area (Å²) in [4.78, 5) is 19.7. The molecule has 5 aromatic rings. The van der Waals surface area contributed by atoms with Crippen molar-refractivity contribution >= 4 is 17.3 Å². The summed E-state index contributed by atoms with van der Waals surface area (Å²) in [5.41, 5.74) is 6.24. The number of aromatic amines is 1. The topological polar surface area (TPSA) is 75.2 Å². The third-order valence-electron chi connectivity index (χ3n) is 7.81. The Labute approximate surface area is 252 Å². The van der Waals surface area contributed by atoms with Crippen LogP contribution >= 0.6 is 11.3 Å². The Bertz CT molecular complexity index is 1530. The number of rotatable bonds is 15. The largest absolute Gasteiger partial charge is 0.489 e. The molecule has 2 heterocycles. The average Bonchev–Trinajstić information content (AvgIpc) is 3.75. The Morgan fingerprint density at radius 2 is 1.67 bits per heavy atom. The van der Waals surface area contributed by atoms with Gasteiger partial charge in [-0.25, -0.2) is 4.98 Å². The van der Waals surface area contributed by atoms with Gasteiger partial charge in [-0.15, -0.1) is 11.3 Å². The van der Waals surface area contributed by atoms with E-state index in [0.29, 0.717) is 13.0 Å². The summed E-state index contributed by atoms with van der Waals surface area (Å²) in [5.74, 6) is -0.0162. The van der Waals surface area contributed by atoms with Crippen LogP contribution in [0.1, 0.15) is 72.8 Å². The Kier molecular flexibility index (Phi) is 9.88. The lowest BCUT2D eigenvalue weighted by Gasteiger charge is -2.32. The normalized spacial score (nSPS) is 12.6. The predicted molar refractivity (Wildman–Crippen MR) is 170 cm³/mol. The number of ether oxygens (including phenoxy) is 1. The van der Waals surface area contributed by atoms with Crippen LogP contribution in [-0.2, 0) is 23.2 Å². The Balaban J connectivity index is 1.41. The Morgan fingerprint density at radius 1 is 0.905 bits per heavy atom. The number of nitrogens with one attached hydrogen (secondary N) is 1. The Morgan fingerprint density at radius 3 is 2.36 bits per heavy atom. The number of carboxylic acid groups (broad SMARTS) is 1. The molecule has 0 saturated heterocycles. The van der Waals surface area contributed by atoms with Crippen molar-refractivity contribution < 1.29 is 14.6 Å². The van der Waals surface area contributed by atoms with Crippen molar-refractivity contribution in [3.8, 4) is 17.0 Å². The summed E-state index contributed by atoms with van der Waals surface area (Å²) in [6.07, 6.45) is 8.36. The molecule has 5 nitrogen and oxygen atoms in total. The number of aliphatic carboxylic acids is 1. The number of hydrogen-bond acceptors (Lipinski definition) is 4. The third kappa shape index (κ3) is 7.00. The first-order valence-electron chi connectivity index (χ1n) is 14.8. The lowest BCUT2D eigenvalue weighted by Crippen LogP contribution is -2.30. The highest BCUT2D eigenvalue weighted by Crippen LogP contribution is 2.45. The molecule has 0 aliphatic heterocycles. The van der Waals surface area contributed by atoms with Gasteiger partial charge in [0.25, 0.3) is 0 Å². The molecule has 0 saturated carbocycles. The van der Waals surface area contributed by atoms with Crippen LogP contribution in [0.25, 0.3) is 11.3 Å². The molecule has 0 bridgehead atoms. The zero-order valence-corrected chi connectivity index (χ0v) is 24.9. The number of nitrogens with zero attached hydrogens (tertiary/aromatic N) is 1. The van der Waals surface area contributed by atoms with Crippen molar-refractivity contribution in [2.24, 2.45) is 0 Å². The average molecular weight is 579 g/mol. The van der Waals surface area contributed by atoms with E-state index in [-0.39, 0.29) is 11.8 Å². The number of carbonyl (C=O) groups is 1. The number of aryl methyl sites for hydroxylation is 1. The van der Waals surface area contributed by atoms with Crippen LogP contribution in [0, 0.1) is 0 Å². The fraction of sp³-hybridized carbons (Fsp3) is 0.278. The molecule has 0 spiro atoms. The van der Waals surface area contributed by atoms with Gasteiger partial charge in [0.1, 0.15) is 17.4 Å². The van der Waals surface area contributed by atoms with Gasteiger partial charge in [-0.05, 0) is 53.8 Å². The van der Waals surface area contributed by atoms with E-state index in [2.05, 4.69) is 78.0 Å². The van der Waals surface area contributed by atoms with Gasteiger partial charge in [0.15, 0.2) is 0 Å². The van der Waals surface area contributed by atoms with E-state index in [9.17, 15) is 4.79 Å². The molecule has 0 fully saturated rings. The van der Waals surface area contributed by atoms with Crippen molar-refractivity contribution in [2.75, 3.05) is 0 Å². The molecule has 216 valence electrons. The van der Waals surface area contributed by atoms with Crippen molar-refractivity contribution in [1.29, 1.82) is 0 Å². The van der Waals surface area contributed by atoms with Crippen LogP contribution in [0.3, 0.4) is 0 Å². The first kappa shape index (κ1) is 29.3. The van der Waals surface area contributed by atoms with Crippen molar-refractivity contribution in [2.45, 2.75) is 63.9 Å². The molecule has 6 heteroatoms. The maximum atomic E-state index is 10.8. The van der Waals surface area contributed by atoms with E-state index in [1.807, 2.05) is 36.5 Å². The van der Waals surface area contributed by atoms with Gasteiger partial charge in [0.2, 0.25) is 0 Å². The van der Waals surface area contributed by atoms with Crippen LogP contribution in [0.2, 0.25) is 0 Å². The summed E-state index contributed by atoms with van der Waals surface area (Å²) >= 11 is 1.74. The lowest BCUT2D eigenvalue weighted by molar-refractivity contribution is -0.136. The highest BCUT2D eigenvalue weighted by Gasteiger charge is 2.39. The van der Waals surface area contributed by atoms with Crippen molar-refractivity contribution in [1.82, 2.24) is 9.97 Å². The number of benzene rings is 3. The maximum absolute atomic E-state index is 10.8. The molecule has 3 aromatic carbocycles. The highest BCUT2D eigenvalue weighted by atomic mass is 32.1. The molecule has 0 aliphatic carbocycles. The zero-order chi connectivity index (χ0) is 29.2. The minimum atomic E-state index is -0.786. The Hall–Kier alpha value is -4.16. The second kappa shape index (κ2) is 14.1. The maximum Gasteiger partial charge on any atom is 0.303 e. The molecular weight excluding hydrogens is 540 g/mol. The van der Waals surface area contributed by atoms with E-state index in [0.717, 1.165) is 46.0 Å². The monoisotopic (exact) mass is 578 g/mol. The number of H-pyrrole nitrogens is 1. The predicted octanol–water partition coefficient (Wildman–Crippen LogP) is 9.04. The number of thiazole rings is 1. The van der Waals surface area contributed by atoms with Gasteiger partial charge in [0, 0.05) is 29.3 Å². The van der Waals surface area contributed by atoms with Gasteiger partial charge < -0.3 is 14.8 Å². The zero-order valence-electron chi connectivity index (χ0n) is 24.1. The van der Waals surface area contributed by atoms with Crippen molar-refractivity contribution in [3.05, 3.63) is 130 Å². The van der Waals surface area contributed by atoms with E-state index in [1.165, 1.54) is 30.5 Å². The molecule has 0 aliphatic rings. The number of hydrogen-bond donors (Lipinski definition) is 2. The quantitative estimate of drug-likeness (QED) is 0.122. The standard InChI is InChI=1S/C36H38N2O3S/c1-2-3-4-8-23-36(33-12-9-24-37-33,35-38-32(26-42-35)29-10-6-5-7-11-29)30-18-13-28(14-19-30)25-41-31-20-15-27(16-21-31)17-22-34(39)40/h5-7,9-16,18-21,24,26,37H,2-4,8,17,22-23,25H2,1H3,(H,39,40). The van der Waals surface area contributed by atoms with E-state index >= 15 is 0 Å². The van der Waals surface area contributed by atoms with Crippen LogP contribution in [0.15, 0.2) is 103 Å². The lowest BCUT2D eigenvalue weighted by atomic mass is 9.73. The molecule has 5 rings (SSSR count). The van der Waals surface area contributed by atoms with Gasteiger partial charge in [-0.1, -0.05) is 99.3 Å². The van der Waals surface area contributed by atoms with Crippen LogP contribution in [0.4, 0.5) is 0 Å². The first-order valence-corrected chi connectivity index (χ1v) is 15.6. The second-order valence-corrected chi connectivity index (χ2v) is 11.6. The fourth-order valence-corrected chi connectivity index (χ4v) is 6.55. The van der Waals surface area contributed by atoms with Gasteiger partial charge in [-0.2, -0.15) is 0 Å². The smallest absolute Gasteiger partial charge is 0.303 e. The number of aromatic nitrogens is 2. The van der Waals surface area contributed by atoms with E-state index in [4.69, 9.17) is 14.8 Å². The highest BCUT2D eigenvalue weighted by molar-refractivity contribution is 7.10. The minimum Gasteiger partial charge on any atom is -0.489 e. The SMILES string of the molecule is CCCCCCC(c1ccc(COc2ccc(CCC(=O)O)cc2)cc1)(c1ccc[nH]1)c1nc(-c2ccccc2)cs1. The van der Waals surface area contributed by atoms with Gasteiger partial charge in [0.05, 0.1) is 11.1 Å². The molecule has 1 atom stereocenters. The van der Waals surface area contributed by atoms with Crippen LogP contribution in [-0.4, -0.2) is 21.0 Å². The molecule has 1 unspecified atom stereocenters. The summed E-state index contributed by atoms with van der Waals surface area (Å²) in [6.45, 7) is 2.70. The molecule has 2 N–H and O–H groups in total. The van der Waals surface area contributed by atoms with E-state index < -0.39 is 5.97 Å². The molecular formula is C36H38N2O3S. The van der Waals surface area contributed by atoms with Crippen LogP contribution < -0.4 is 4.74 Å². The molecule has 0 amide bonds. The second-order valence-electron chi connectivity index (χ2n) is 10.7. The number of carboxylic acids is 1. The summed E-state index contributed by atoms with van der Waals surface area (Å²) in [7, 11) is 0. The minimum absolute atomic E-state index is 0.129. The first-order chi connectivity index (χ1) is 20.6. The van der Waals surface area contributed by atoms with Crippen molar-refractivity contribution in [3.63, 3.8) is 0 Å². The van der Waals surface area contributed by atoms with Crippen LogP contribution in [0.5, 0.6) is 5.75 Å². The summed E-state index contributed by atoms with van der Waals surface area (Å²) in [6, 6.07) is 31.1. The molecule has 2 aromatic heterocycles. The van der Waals surface area contributed by atoms with Gasteiger partial charge in [-0.3, -0.25) is 4.79 Å². The number of unbranched alkanes of at least 4 members (excludes halogenated alkanes) is 3. The van der Waals surface area contributed by atoms with Gasteiger partial charge >= 0.3 is 5.97 Å². The summed E-state index contributed by atoms with van der Waals surface area (Å²) in [5, 5.41) is 12.2. The summed E-state index contributed by atoms with van der Waals surface area (Å²) < 4.78 is 6.07. The third-order valence-corrected chi connectivity index (χ3v) is 8.81. The van der Waals surface area contributed by atoms with E-state index in [1.54, 1.807) is 11.3 Å². The molecule has 42 heavy (non-hydrogen) atoms. The molecule has 0 radical (unpaired) electrons. The fourth-order valence-electron chi connectivity index (χ4n) is 5.46.